The predicted molar refractivity (Wildman–Crippen MR) is 66.7 cm³/mol. The number of hydrogen-bond acceptors (Lipinski definition) is 1. The Bertz CT molecular complexity index is 353. The summed E-state index contributed by atoms with van der Waals surface area (Å²) in [7, 11) is 0. The van der Waals surface area contributed by atoms with E-state index in [1.165, 1.54) is 49.8 Å². The van der Waals surface area contributed by atoms with Gasteiger partial charge in [-0.3, -0.25) is 4.99 Å². The maximum Gasteiger partial charge on any atom is 0.0604 e. The highest BCUT2D eigenvalue weighted by molar-refractivity contribution is 6.02. The first kappa shape index (κ1) is 9.44. The van der Waals surface area contributed by atoms with Crippen LogP contribution in [0.3, 0.4) is 0 Å². The van der Waals surface area contributed by atoms with Crippen LogP contribution in [0, 0.1) is 23.2 Å². The standard InChI is InChI=1S/C15H21N/c1-10-2-14(16-9-10)15-6-11-3-12(7-15)5-13(4-11)8-15/h2,11-13H,3-9H2,1H3. The minimum Gasteiger partial charge on any atom is -0.285 e. The SMILES string of the molecule is CC1=CC(C23CC4CC(CC(C4)C2)C3)=NC1. The van der Waals surface area contributed by atoms with Crippen molar-refractivity contribution in [3.05, 3.63) is 11.6 Å². The number of aliphatic imine (C=N–C) groups is 1. The Hall–Kier alpha value is -0.590. The van der Waals surface area contributed by atoms with E-state index in [2.05, 4.69) is 13.0 Å². The highest BCUT2D eigenvalue weighted by Gasteiger charge is 2.52. The first-order valence-corrected chi connectivity index (χ1v) is 6.96. The lowest BCUT2D eigenvalue weighted by molar-refractivity contribution is -0.0117. The summed E-state index contributed by atoms with van der Waals surface area (Å²) < 4.78 is 0. The largest absolute Gasteiger partial charge is 0.285 e. The molecule has 5 rings (SSSR count). The third-order valence-electron chi connectivity index (χ3n) is 5.46. The van der Waals surface area contributed by atoms with Crippen molar-refractivity contribution in [2.24, 2.45) is 28.2 Å². The van der Waals surface area contributed by atoms with Crippen LogP contribution in [0.5, 0.6) is 0 Å². The van der Waals surface area contributed by atoms with Crippen molar-refractivity contribution in [1.82, 2.24) is 0 Å². The fraction of sp³-hybridized carbons (Fsp3) is 0.800. The molecule has 0 N–H and O–H groups in total. The zero-order valence-corrected chi connectivity index (χ0v) is 10.2. The summed E-state index contributed by atoms with van der Waals surface area (Å²) >= 11 is 0. The van der Waals surface area contributed by atoms with Crippen LogP contribution in [0.2, 0.25) is 0 Å². The molecule has 0 radical (unpaired) electrons. The van der Waals surface area contributed by atoms with Crippen LogP contribution in [0.25, 0.3) is 0 Å². The Morgan fingerprint density at radius 3 is 2.06 bits per heavy atom. The maximum absolute atomic E-state index is 4.83. The van der Waals surface area contributed by atoms with Crippen LogP contribution in [0.15, 0.2) is 16.6 Å². The minimum atomic E-state index is 0.534. The van der Waals surface area contributed by atoms with Crippen molar-refractivity contribution in [3.8, 4) is 0 Å². The summed E-state index contributed by atoms with van der Waals surface area (Å²) in [6, 6.07) is 0. The molecular formula is C15H21N. The lowest BCUT2D eigenvalue weighted by Crippen LogP contribution is -2.49. The molecule has 4 saturated carbocycles. The normalized spacial score (nSPS) is 49.4. The molecule has 1 heterocycles. The fourth-order valence-corrected chi connectivity index (χ4v) is 5.28. The van der Waals surface area contributed by atoms with Gasteiger partial charge < -0.3 is 0 Å². The van der Waals surface area contributed by atoms with Gasteiger partial charge in [0.1, 0.15) is 0 Å². The van der Waals surface area contributed by atoms with Gasteiger partial charge in [0.05, 0.1) is 6.54 Å². The second-order valence-electron chi connectivity index (χ2n) is 6.89. The van der Waals surface area contributed by atoms with Crippen LogP contribution >= 0.6 is 0 Å². The van der Waals surface area contributed by atoms with Crippen molar-refractivity contribution in [1.29, 1.82) is 0 Å². The summed E-state index contributed by atoms with van der Waals surface area (Å²) in [6.07, 6.45) is 11.4. The molecule has 0 spiro atoms. The van der Waals surface area contributed by atoms with Gasteiger partial charge in [-0.2, -0.15) is 0 Å². The molecule has 0 aromatic carbocycles. The summed E-state index contributed by atoms with van der Waals surface area (Å²) in [5.74, 6) is 3.13. The molecule has 1 aliphatic heterocycles. The second-order valence-corrected chi connectivity index (χ2v) is 6.89. The van der Waals surface area contributed by atoms with Gasteiger partial charge in [-0.15, -0.1) is 0 Å². The third-order valence-corrected chi connectivity index (χ3v) is 5.46. The monoisotopic (exact) mass is 215 g/mol. The summed E-state index contributed by atoms with van der Waals surface area (Å²) in [5.41, 5.74) is 3.50. The topological polar surface area (TPSA) is 12.4 Å². The number of allylic oxidation sites excluding steroid dienone is 1. The lowest BCUT2D eigenvalue weighted by Gasteiger charge is -2.56. The van der Waals surface area contributed by atoms with Gasteiger partial charge >= 0.3 is 0 Å². The molecule has 0 aromatic rings. The quantitative estimate of drug-likeness (QED) is 0.633. The van der Waals surface area contributed by atoms with Crippen LogP contribution < -0.4 is 0 Å². The van der Waals surface area contributed by atoms with Crippen molar-refractivity contribution in [3.63, 3.8) is 0 Å². The van der Waals surface area contributed by atoms with E-state index in [9.17, 15) is 0 Å². The van der Waals surface area contributed by atoms with Crippen molar-refractivity contribution in [2.45, 2.75) is 45.4 Å². The van der Waals surface area contributed by atoms with E-state index in [-0.39, 0.29) is 0 Å². The molecule has 1 heteroatoms. The van der Waals surface area contributed by atoms with E-state index >= 15 is 0 Å². The van der Waals surface area contributed by atoms with Crippen molar-refractivity contribution < 1.29 is 0 Å². The summed E-state index contributed by atoms with van der Waals surface area (Å²) in [5, 5.41) is 0. The highest BCUT2D eigenvalue weighted by atomic mass is 14.8. The van der Waals surface area contributed by atoms with Gasteiger partial charge in [0, 0.05) is 11.1 Å². The van der Waals surface area contributed by atoms with Crippen LogP contribution in [0.4, 0.5) is 0 Å². The van der Waals surface area contributed by atoms with E-state index < -0.39 is 0 Å². The van der Waals surface area contributed by atoms with Gasteiger partial charge in [-0.25, -0.2) is 0 Å². The molecule has 4 aliphatic carbocycles. The molecule has 0 atom stereocenters. The van der Waals surface area contributed by atoms with Gasteiger partial charge in [-0.1, -0.05) is 5.57 Å². The Morgan fingerprint density at radius 1 is 1.06 bits per heavy atom. The summed E-state index contributed by atoms with van der Waals surface area (Å²) in [6.45, 7) is 3.22. The molecule has 0 aromatic heterocycles. The average molecular weight is 215 g/mol. The fourth-order valence-electron chi connectivity index (χ4n) is 5.28. The van der Waals surface area contributed by atoms with Crippen molar-refractivity contribution >= 4 is 5.71 Å². The first-order chi connectivity index (χ1) is 7.73. The molecule has 16 heavy (non-hydrogen) atoms. The maximum atomic E-state index is 4.83. The molecule has 5 aliphatic rings. The smallest absolute Gasteiger partial charge is 0.0604 e. The Morgan fingerprint density at radius 2 is 1.62 bits per heavy atom. The zero-order valence-electron chi connectivity index (χ0n) is 10.2. The van der Waals surface area contributed by atoms with Gasteiger partial charge in [0.2, 0.25) is 0 Å². The molecule has 86 valence electrons. The minimum absolute atomic E-state index is 0.534. The summed E-state index contributed by atoms with van der Waals surface area (Å²) in [4.78, 5) is 4.83. The Labute approximate surface area is 98.0 Å². The zero-order chi connectivity index (χ0) is 10.8. The van der Waals surface area contributed by atoms with Crippen LogP contribution in [0.1, 0.15) is 45.4 Å². The Balaban J connectivity index is 1.72. The number of nitrogens with zero attached hydrogens (tertiary/aromatic N) is 1. The van der Waals surface area contributed by atoms with E-state index in [4.69, 9.17) is 4.99 Å². The third kappa shape index (κ3) is 1.20. The number of hydrogen-bond donors (Lipinski definition) is 0. The van der Waals surface area contributed by atoms with Gasteiger partial charge in [0.25, 0.3) is 0 Å². The molecule has 0 saturated heterocycles. The van der Waals surface area contributed by atoms with E-state index in [1.54, 1.807) is 0 Å². The van der Waals surface area contributed by atoms with Gasteiger partial charge in [0.15, 0.2) is 0 Å². The van der Waals surface area contributed by atoms with Crippen molar-refractivity contribution in [2.75, 3.05) is 6.54 Å². The second kappa shape index (κ2) is 3.00. The van der Waals surface area contributed by atoms with Crippen LogP contribution in [-0.4, -0.2) is 12.3 Å². The lowest BCUT2D eigenvalue weighted by atomic mass is 9.48. The first-order valence-electron chi connectivity index (χ1n) is 6.96. The average Bonchev–Trinajstić information content (AvgIpc) is 2.63. The number of rotatable bonds is 1. The highest BCUT2D eigenvalue weighted by Crippen LogP contribution is 2.61. The molecule has 4 bridgehead atoms. The van der Waals surface area contributed by atoms with Gasteiger partial charge in [-0.05, 0) is 69.3 Å². The van der Waals surface area contributed by atoms with E-state index in [1.807, 2.05) is 0 Å². The van der Waals surface area contributed by atoms with E-state index in [0.717, 1.165) is 24.3 Å². The van der Waals surface area contributed by atoms with E-state index in [0.29, 0.717) is 5.41 Å². The molecule has 0 amide bonds. The van der Waals surface area contributed by atoms with Crippen LogP contribution in [-0.2, 0) is 0 Å². The molecule has 4 fully saturated rings. The molecular weight excluding hydrogens is 194 g/mol. The molecule has 0 unspecified atom stereocenters. The molecule has 1 nitrogen and oxygen atoms in total. The Kier molecular flexibility index (Phi) is 1.77. The predicted octanol–water partition coefficient (Wildman–Crippen LogP) is 3.60.